The normalized spacial score (nSPS) is 12.9. The number of hydrogen-bond donors (Lipinski definition) is 1. The Bertz CT molecular complexity index is 985. The molecule has 0 unspecified atom stereocenters. The van der Waals surface area contributed by atoms with Crippen molar-refractivity contribution in [1.82, 2.24) is 9.88 Å². The molecule has 148 valence electrons. The lowest BCUT2D eigenvalue weighted by Crippen LogP contribution is -2.36. The van der Waals surface area contributed by atoms with Crippen LogP contribution in [-0.2, 0) is 19.4 Å². The van der Waals surface area contributed by atoms with Crippen LogP contribution in [0.1, 0.15) is 27.0 Å². The molecule has 0 saturated heterocycles. The van der Waals surface area contributed by atoms with Gasteiger partial charge in [-0.1, -0.05) is 36.4 Å². The maximum absolute atomic E-state index is 13.0. The third-order valence-corrected chi connectivity index (χ3v) is 5.30. The molecule has 2 aromatic carbocycles. The number of hydrogen-bond acceptors (Lipinski definition) is 4. The number of nitrogens with one attached hydrogen (secondary N) is 1. The van der Waals surface area contributed by atoms with Crippen molar-refractivity contribution in [2.75, 3.05) is 25.5 Å². The Hall–Kier alpha value is -3.34. The molecule has 29 heavy (non-hydrogen) atoms. The summed E-state index contributed by atoms with van der Waals surface area (Å²) in [5.74, 6) is 1.64. The Morgan fingerprint density at radius 2 is 1.90 bits per heavy atom. The Morgan fingerprint density at radius 3 is 2.69 bits per heavy atom. The number of rotatable bonds is 6. The van der Waals surface area contributed by atoms with Gasteiger partial charge >= 0.3 is 0 Å². The summed E-state index contributed by atoms with van der Waals surface area (Å²) in [6.07, 6.45) is 3.47. The van der Waals surface area contributed by atoms with E-state index in [0.29, 0.717) is 12.1 Å². The zero-order valence-electron chi connectivity index (χ0n) is 16.6. The molecular weight excluding hydrogens is 362 g/mol. The first kappa shape index (κ1) is 19.0. The minimum Gasteiger partial charge on any atom is -0.497 e. The summed E-state index contributed by atoms with van der Waals surface area (Å²) >= 11 is 0. The molecule has 1 amide bonds. The third-order valence-electron chi connectivity index (χ3n) is 5.30. The highest BCUT2D eigenvalue weighted by Gasteiger charge is 2.21. The van der Waals surface area contributed by atoms with Crippen LogP contribution in [-0.4, -0.2) is 36.0 Å². The van der Waals surface area contributed by atoms with Crippen molar-refractivity contribution in [3.8, 4) is 5.75 Å². The Kier molecular flexibility index (Phi) is 5.75. The number of fused-ring (bicyclic) bond motifs is 1. The van der Waals surface area contributed by atoms with Gasteiger partial charge in [0.05, 0.1) is 7.11 Å². The summed E-state index contributed by atoms with van der Waals surface area (Å²) in [5, 5.41) is 3.32. The first-order valence-corrected chi connectivity index (χ1v) is 9.92. The van der Waals surface area contributed by atoms with Gasteiger partial charge in [-0.25, -0.2) is 4.98 Å². The molecule has 0 bridgehead atoms. The van der Waals surface area contributed by atoms with Crippen LogP contribution in [0.4, 0.5) is 5.82 Å². The van der Waals surface area contributed by atoms with Gasteiger partial charge in [-0.2, -0.15) is 0 Å². The monoisotopic (exact) mass is 387 g/mol. The van der Waals surface area contributed by atoms with Crippen molar-refractivity contribution >= 4 is 11.7 Å². The highest BCUT2D eigenvalue weighted by atomic mass is 16.5. The van der Waals surface area contributed by atoms with Crippen LogP contribution in [0.5, 0.6) is 5.75 Å². The zero-order valence-corrected chi connectivity index (χ0v) is 16.6. The van der Waals surface area contributed by atoms with E-state index in [1.54, 1.807) is 19.4 Å². The molecule has 5 heteroatoms. The number of carbonyl (C=O) groups excluding carboxylic acids is 1. The Balaban J connectivity index is 1.36. The molecule has 1 aliphatic rings. The van der Waals surface area contributed by atoms with Crippen LogP contribution in [0, 0.1) is 0 Å². The summed E-state index contributed by atoms with van der Waals surface area (Å²) in [6, 6.07) is 20.0. The standard InChI is InChI=1S/C24H25N3O2/c1-29-22-8-6-18(7-9-22)10-13-25-23-16-20(11-14-26-23)24(28)27-15-12-19-4-2-3-5-21(19)17-27/h2-9,11,14,16H,10,12-13,15,17H2,1H3,(H,25,26). The molecule has 0 saturated carbocycles. The summed E-state index contributed by atoms with van der Waals surface area (Å²) in [5.41, 5.74) is 4.47. The van der Waals surface area contributed by atoms with Gasteiger partial charge in [-0.3, -0.25) is 4.79 Å². The van der Waals surface area contributed by atoms with Crippen LogP contribution >= 0.6 is 0 Å². The van der Waals surface area contributed by atoms with Crippen LogP contribution in [0.3, 0.4) is 0 Å². The maximum Gasteiger partial charge on any atom is 0.254 e. The third kappa shape index (κ3) is 4.57. The number of ether oxygens (including phenoxy) is 1. The second-order valence-electron chi connectivity index (χ2n) is 7.20. The number of nitrogens with zero attached hydrogens (tertiary/aromatic N) is 2. The second-order valence-corrected chi connectivity index (χ2v) is 7.20. The molecule has 3 aromatic rings. The molecule has 0 spiro atoms. The van der Waals surface area contributed by atoms with Gasteiger partial charge in [0.1, 0.15) is 11.6 Å². The number of amides is 1. The number of anilines is 1. The van der Waals surface area contributed by atoms with E-state index in [0.717, 1.165) is 37.5 Å². The number of benzene rings is 2. The van der Waals surface area contributed by atoms with Gasteiger partial charge in [-0.05, 0) is 53.8 Å². The van der Waals surface area contributed by atoms with E-state index < -0.39 is 0 Å². The lowest BCUT2D eigenvalue weighted by atomic mass is 9.99. The molecule has 0 radical (unpaired) electrons. The summed E-state index contributed by atoms with van der Waals surface area (Å²) in [7, 11) is 1.67. The molecule has 2 heterocycles. The molecule has 4 rings (SSSR count). The van der Waals surface area contributed by atoms with Crippen LogP contribution in [0.2, 0.25) is 0 Å². The lowest BCUT2D eigenvalue weighted by Gasteiger charge is -2.29. The van der Waals surface area contributed by atoms with Crippen LogP contribution < -0.4 is 10.1 Å². The van der Waals surface area contributed by atoms with Gasteiger partial charge in [0, 0.05) is 31.4 Å². The fraction of sp³-hybridized carbons (Fsp3) is 0.250. The van der Waals surface area contributed by atoms with Gasteiger partial charge in [0.25, 0.3) is 5.91 Å². The van der Waals surface area contributed by atoms with Gasteiger partial charge in [0.2, 0.25) is 0 Å². The van der Waals surface area contributed by atoms with E-state index in [9.17, 15) is 4.79 Å². The summed E-state index contributed by atoms with van der Waals surface area (Å²) in [4.78, 5) is 19.3. The number of methoxy groups -OCH3 is 1. The minimum atomic E-state index is 0.0557. The van der Waals surface area contributed by atoms with E-state index in [-0.39, 0.29) is 5.91 Å². The lowest BCUT2D eigenvalue weighted by molar-refractivity contribution is 0.0734. The predicted molar refractivity (Wildman–Crippen MR) is 114 cm³/mol. The van der Waals surface area contributed by atoms with Crippen molar-refractivity contribution < 1.29 is 9.53 Å². The minimum absolute atomic E-state index is 0.0557. The Morgan fingerprint density at radius 1 is 1.10 bits per heavy atom. The fourth-order valence-corrected chi connectivity index (χ4v) is 3.64. The van der Waals surface area contributed by atoms with Crippen molar-refractivity contribution in [3.05, 3.63) is 89.1 Å². The highest BCUT2D eigenvalue weighted by Crippen LogP contribution is 2.21. The van der Waals surface area contributed by atoms with E-state index in [1.165, 1.54) is 16.7 Å². The van der Waals surface area contributed by atoms with E-state index in [2.05, 4.69) is 40.6 Å². The quantitative estimate of drug-likeness (QED) is 0.696. The van der Waals surface area contributed by atoms with Gasteiger partial charge < -0.3 is 15.0 Å². The molecule has 1 aromatic heterocycles. The van der Waals surface area contributed by atoms with Crippen molar-refractivity contribution in [3.63, 3.8) is 0 Å². The summed E-state index contributed by atoms with van der Waals surface area (Å²) < 4.78 is 5.19. The average Bonchev–Trinajstić information content (AvgIpc) is 2.79. The number of carbonyl (C=O) groups is 1. The second kappa shape index (κ2) is 8.78. The molecule has 5 nitrogen and oxygen atoms in total. The first-order chi connectivity index (χ1) is 14.2. The van der Waals surface area contributed by atoms with Gasteiger partial charge in [-0.15, -0.1) is 0 Å². The van der Waals surface area contributed by atoms with E-state index in [4.69, 9.17) is 4.74 Å². The predicted octanol–water partition coefficient (Wildman–Crippen LogP) is 3.94. The molecule has 0 atom stereocenters. The van der Waals surface area contributed by atoms with Crippen molar-refractivity contribution in [2.24, 2.45) is 0 Å². The number of pyridine rings is 1. The smallest absolute Gasteiger partial charge is 0.254 e. The first-order valence-electron chi connectivity index (χ1n) is 9.92. The van der Waals surface area contributed by atoms with Crippen molar-refractivity contribution in [1.29, 1.82) is 0 Å². The Labute approximate surface area is 171 Å². The molecule has 1 N–H and O–H groups in total. The summed E-state index contributed by atoms with van der Waals surface area (Å²) in [6.45, 7) is 2.16. The van der Waals surface area contributed by atoms with E-state index >= 15 is 0 Å². The zero-order chi connectivity index (χ0) is 20.1. The molecular formula is C24H25N3O2. The largest absolute Gasteiger partial charge is 0.497 e. The van der Waals surface area contributed by atoms with Gasteiger partial charge in [0.15, 0.2) is 0 Å². The maximum atomic E-state index is 13.0. The highest BCUT2D eigenvalue weighted by molar-refractivity contribution is 5.95. The van der Waals surface area contributed by atoms with Crippen LogP contribution in [0.15, 0.2) is 66.9 Å². The number of aromatic nitrogens is 1. The average molecular weight is 387 g/mol. The van der Waals surface area contributed by atoms with Crippen molar-refractivity contribution in [2.45, 2.75) is 19.4 Å². The van der Waals surface area contributed by atoms with E-state index in [1.807, 2.05) is 29.2 Å². The topological polar surface area (TPSA) is 54.5 Å². The fourth-order valence-electron chi connectivity index (χ4n) is 3.64. The SMILES string of the molecule is COc1ccc(CCNc2cc(C(=O)N3CCc4ccccc4C3)ccn2)cc1. The molecule has 1 aliphatic heterocycles. The van der Waals surface area contributed by atoms with Crippen LogP contribution in [0.25, 0.3) is 0 Å². The molecule has 0 fully saturated rings. The molecule has 0 aliphatic carbocycles.